The van der Waals surface area contributed by atoms with Crippen LogP contribution in [0.2, 0.25) is 5.02 Å². The molecule has 1 saturated heterocycles. The smallest absolute Gasteiger partial charge is 0.228 e. The van der Waals surface area contributed by atoms with Gasteiger partial charge in [0.15, 0.2) is 5.82 Å². The Morgan fingerprint density at radius 3 is 2.71 bits per heavy atom. The first-order valence-electron chi connectivity index (χ1n) is 10.8. The largest absolute Gasteiger partial charge is 0.398 e. The molecule has 0 amide bonds. The summed E-state index contributed by atoms with van der Waals surface area (Å²) in [6.07, 6.45) is 6.71. The first-order chi connectivity index (χ1) is 16.6. The van der Waals surface area contributed by atoms with Gasteiger partial charge in [0, 0.05) is 55.7 Å². The number of aromatic nitrogens is 3. The fourth-order valence-electron chi connectivity index (χ4n) is 3.54. The van der Waals surface area contributed by atoms with E-state index in [2.05, 4.69) is 20.2 Å². The van der Waals surface area contributed by atoms with Gasteiger partial charge in [-0.15, -0.1) is 0 Å². The minimum absolute atomic E-state index is 0.185. The molecule has 10 heteroatoms. The number of anilines is 3. The van der Waals surface area contributed by atoms with Crippen molar-refractivity contribution in [2.24, 2.45) is 10.7 Å². The van der Waals surface area contributed by atoms with Crippen LogP contribution in [0.15, 0.2) is 53.8 Å². The Bertz CT molecular complexity index is 1200. The maximum absolute atomic E-state index is 10.1. The van der Waals surface area contributed by atoms with Crippen molar-refractivity contribution in [2.45, 2.75) is 6.61 Å². The lowest BCUT2D eigenvalue weighted by Crippen LogP contribution is -2.37. The summed E-state index contributed by atoms with van der Waals surface area (Å²) in [6, 6.07) is 9.18. The minimum Gasteiger partial charge on any atom is -0.398 e. The topological polar surface area (TPSA) is 122 Å². The maximum atomic E-state index is 10.1. The van der Waals surface area contributed by atoms with Gasteiger partial charge in [-0.3, -0.25) is 9.98 Å². The van der Waals surface area contributed by atoms with E-state index in [4.69, 9.17) is 32.0 Å². The molecule has 176 valence electrons. The summed E-state index contributed by atoms with van der Waals surface area (Å²) in [6.45, 7) is 2.32. The Hall–Kier alpha value is -3.53. The highest BCUT2D eigenvalue weighted by molar-refractivity contribution is 6.35. The van der Waals surface area contributed by atoms with Crippen molar-refractivity contribution in [3.8, 4) is 11.3 Å². The summed E-state index contributed by atoms with van der Waals surface area (Å²) in [5.74, 6) is 0.977. The monoisotopic (exact) mass is 479 g/mol. The molecule has 2 aromatic heterocycles. The fraction of sp³-hybridized carbons (Fsp3) is 0.250. The lowest BCUT2D eigenvalue weighted by atomic mass is 9.99. The number of pyridine rings is 1. The Morgan fingerprint density at radius 1 is 1.24 bits per heavy atom. The van der Waals surface area contributed by atoms with Gasteiger partial charge < -0.3 is 25.8 Å². The number of halogens is 1. The van der Waals surface area contributed by atoms with E-state index in [-0.39, 0.29) is 6.61 Å². The first kappa shape index (κ1) is 23.6. The zero-order chi connectivity index (χ0) is 23.9. The number of allylic oxidation sites excluding steroid dienone is 1. The number of hydrogen-bond donors (Lipinski definition) is 3. The third-order valence-electron chi connectivity index (χ3n) is 5.35. The van der Waals surface area contributed by atoms with E-state index in [1.54, 1.807) is 31.7 Å². The second-order valence-corrected chi connectivity index (χ2v) is 7.93. The number of morpholine rings is 1. The molecule has 4 rings (SSSR count). The molecule has 34 heavy (non-hydrogen) atoms. The summed E-state index contributed by atoms with van der Waals surface area (Å²) in [5, 5.41) is 13.7. The average molecular weight is 480 g/mol. The van der Waals surface area contributed by atoms with Crippen LogP contribution in [0.5, 0.6) is 0 Å². The lowest BCUT2D eigenvalue weighted by molar-refractivity contribution is 0.122. The van der Waals surface area contributed by atoms with Crippen LogP contribution in [0, 0.1) is 0 Å². The maximum Gasteiger partial charge on any atom is 0.228 e. The molecule has 4 N–H and O–H groups in total. The molecular weight excluding hydrogens is 454 g/mol. The first-order valence-corrected chi connectivity index (χ1v) is 11.2. The van der Waals surface area contributed by atoms with Crippen LogP contribution in [-0.2, 0) is 11.3 Å². The molecule has 1 aromatic carbocycles. The number of rotatable bonds is 7. The van der Waals surface area contributed by atoms with Crippen molar-refractivity contribution < 1.29 is 9.84 Å². The zero-order valence-electron chi connectivity index (χ0n) is 18.8. The molecule has 0 bridgehead atoms. The lowest BCUT2D eigenvalue weighted by Gasteiger charge is -2.28. The normalized spacial score (nSPS) is 14.6. The summed E-state index contributed by atoms with van der Waals surface area (Å²) in [7, 11) is 1.68. The van der Waals surface area contributed by atoms with Crippen molar-refractivity contribution in [1.29, 1.82) is 0 Å². The third kappa shape index (κ3) is 5.33. The van der Waals surface area contributed by atoms with Crippen molar-refractivity contribution >= 4 is 41.0 Å². The number of ether oxygens (including phenoxy) is 1. The Morgan fingerprint density at radius 2 is 2.00 bits per heavy atom. The predicted octanol–water partition coefficient (Wildman–Crippen LogP) is 3.26. The molecule has 0 aliphatic carbocycles. The van der Waals surface area contributed by atoms with Crippen molar-refractivity contribution in [3.05, 3.63) is 65.0 Å². The van der Waals surface area contributed by atoms with Crippen LogP contribution in [0.1, 0.15) is 11.1 Å². The van der Waals surface area contributed by atoms with E-state index in [9.17, 15) is 5.11 Å². The van der Waals surface area contributed by atoms with Crippen LogP contribution in [-0.4, -0.2) is 59.6 Å². The molecule has 1 aliphatic heterocycles. The Balaban J connectivity index is 1.86. The number of benzene rings is 1. The van der Waals surface area contributed by atoms with Gasteiger partial charge in [0.1, 0.15) is 5.02 Å². The summed E-state index contributed by atoms with van der Waals surface area (Å²) in [4.78, 5) is 19.6. The number of nitrogens with zero attached hydrogens (tertiary/aromatic N) is 5. The standard InChI is InChI=1S/C24H26ClN7O2/c1-27-7-6-20(26)16-2-3-17(15-33)19(14-16)22-21(25)23(29-18-4-8-28-9-5-18)31-24(30-22)32-10-12-34-13-11-32/h2-9,14,33H,10-13,15,26H2,1H3,(H,28,29,30,31). The van der Waals surface area contributed by atoms with Gasteiger partial charge in [0.25, 0.3) is 0 Å². The molecule has 0 spiro atoms. The fourth-order valence-corrected chi connectivity index (χ4v) is 3.77. The van der Waals surface area contributed by atoms with E-state index < -0.39 is 0 Å². The van der Waals surface area contributed by atoms with Gasteiger partial charge in [-0.05, 0) is 35.4 Å². The molecule has 3 heterocycles. The van der Waals surface area contributed by atoms with Gasteiger partial charge in [-0.1, -0.05) is 23.7 Å². The predicted molar refractivity (Wildman–Crippen MR) is 136 cm³/mol. The molecule has 9 nitrogen and oxygen atoms in total. The van der Waals surface area contributed by atoms with E-state index in [1.165, 1.54) is 0 Å². The quantitative estimate of drug-likeness (QED) is 0.441. The van der Waals surface area contributed by atoms with Gasteiger partial charge in [-0.2, -0.15) is 4.98 Å². The number of hydrogen-bond acceptors (Lipinski definition) is 9. The molecule has 0 saturated carbocycles. The number of aliphatic hydroxyl groups is 1. The van der Waals surface area contributed by atoms with Crippen LogP contribution < -0.4 is 16.0 Å². The molecule has 0 unspecified atom stereocenters. The number of aliphatic hydroxyl groups excluding tert-OH is 1. The second-order valence-electron chi connectivity index (χ2n) is 7.55. The molecule has 0 radical (unpaired) electrons. The zero-order valence-corrected chi connectivity index (χ0v) is 19.5. The van der Waals surface area contributed by atoms with Crippen LogP contribution >= 0.6 is 11.6 Å². The number of nitrogens with two attached hydrogens (primary N) is 1. The van der Waals surface area contributed by atoms with Crippen molar-refractivity contribution in [1.82, 2.24) is 15.0 Å². The van der Waals surface area contributed by atoms with Gasteiger partial charge in [0.05, 0.1) is 25.5 Å². The number of aliphatic imine (C=N–C) groups is 1. The molecular formula is C24H26ClN7O2. The van der Waals surface area contributed by atoms with Crippen molar-refractivity contribution in [3.63, 3.8) is 0 Å². The number of nitrogens with one attached hydrogen (secondary N) is 1. The van der Waals surface area contributed by atoms with E-state index in [1.807, 2.05) is 30.3 Å². The van der Waals surface area contributed by atoms with Gasteiger partial charge in [-0.25, -0.2) is 4.98 Å². The van der Waals surface area contributed by atoms with E-state index >= 15 is 0 Å². The molecule has 0 atom stereocenters. The molecule has 1 fully saturated rings. The van der Waals surface area contributed by atoms with E-state index in [0.29, 0.717) is 65.6 Å². The Labute approximate surface area is 203 Å². The van der Waals surface area contributed by atoms with Crippen molar-refractivity contribution in [2.75, 3.05) is 43.6 Å². The summed E-state index contributed by atoms with van der Waals surface area (Å²) < 4.78 is 5.49. The third-order valence-corrected chi connectivity index (χ3v) is 5.71. The summed E-state index contributed by atoms with van der Waals surface area (Å²) in [5.41, 5.74) is 10.2. The highest BCUT2D eigenvalue weighted by atomic mass is 35.5. The molecule has 3 aromatic rings. The van der Waals surface area contributed by atoms with E-state index in [0.717, 1.165) is 11.3 Å². The van der Waals surface area contributed by atoms with Gasteiger partial charge in [0.2, 0.25) is 5.95 Å². The van der Waals surface area contributed by atoms with Crippen LogP contribution in [0.3, 0.4) is 0 Å². The summed E-state index contributed by atoms with van der Waals surface area (Å²) >= 11 is 6.85. The SMILES string of the molecule is CN=CC=C(N)c1ccc(CO)c(-c2nc(N3CCOCC3)nc(Nc3ccncc3)c2Cl)c1. The molecule has 1 aliphatic rings. The second kappa shape index (κ2) is 11.1. The average Bonchev–Trinajstić information content (AvgIpc) is 2.89. The highest BCUT2D eigenvalue weighted by Gasteiger charge is 2.22. The highest BCUT2D eigenvalue weighted by Crippen LogP contribution is 2.37. The van der Waals surface area contributed by atoms with Crippen LogP contribution in [0.25, 0.3) is 17.0 Å². The minimum atomic E-state index is -0.185. The Kier molecular flexibility index (Phi) is 7.69. The van der Waals surface area contributed by atoms with Crippen LogP contribution in [0.4, 0.5) is 17.5 Å². The van der Waals surface area contributed by atoms with Gasteiger partial charge >= 0.3 is 0 Å².